The second-order valence-electron chi connectivity index (χ2n) is 2.41. The fourth-order valence-electron chi connectivity index (χ4n) is 1.20. The second-order valence-corrected chi connectivity index (χ2v) is 2.41. The van der Waals surface area contributed by atoms with E-state index in [1.54, 1.807) is 6.20 Å². The van der Waals surface area contributed by atoms with Gasteiger partial charge in [-0.25, -0.2) is 0 Å². The highest BCUT2D eigenvalue weighted by atomic mass is 15.1. The molecule has 0 aromatic carbocycles. The summed E-state index contributed by atoms with van der Waals surface area (Å²) in [6.45, 7) is 0.852. The van der Waals surface area contributed by atoms with Crippen LogP contribution in [0.15, 0.2) is 18.3 Å². The normalized spacial score (nSPS) is 22.7. The topological polar surface area (TPSA) is 50.9 Å². The van der Waals surface area contributed by atoms with E-state index in [0.717, 1.165) is 12.2 Å². The van der Waals surface area contributed by atoms with Crippen molar-refractivity contribution in [2.45, 2.75) is 12.7 Å². The minimum Gasteiger partial charge on any atom is -0.311 e. The number of nitrogens with two attached hydrogens (primary N) is 1. The van der Waals surface area contributed by atoms with Crippen LogP contribution in [0.2, 0.25) is 0 Å². The van der Waals surface area contributed by atoms with Gasteiger partial charge in [0, 0.05) is 12.7 Å². The van der Waals surface area contributed by atoms with Crippen LogP contribution in [0.5, 0.6) is 0 Å². The van der Waals surface area contributed by atoms with Gasteiger partial charge in [0.1, 0.15) is 0 Å². The molecule has 1 aromatic rings. The van der Waals surface area contributed by atoms with Crippen molar-refractivity contribution in [3.05, 3.63) is 29.6 Å². The Morgan fingerprint density at radius 2 is 2.60 bits per heavy atom. The molecule has 1 aromatic heterocycles. The van der Waals surface area contributed by atoms with E-state index >= 15 is 0 Å². The summed E-state index contributed by atoms with van der Waals surface area (Å²) in [5.74, 6) is 0. The molecule has 10 heavy (non-hydrogen) atoms. The summed E-state index contributed by atoms with van der Waals surface area (Å²) in [5.41, 5.74) is 7.88. The quantitative estimate of drug-likeness (QED) is 0.532. The average Bonchev–Trinajstić information content (AvgIpc) is 2.34. The van der Waals surface area contributed by atoms with E-state index in [-0.39, 0.29) is 6.17 Å². The van der Waals surface area contributed by atoms with Gasteiger partial charge in [-0.15, -0.1) is 0 Å². The maximum atomic E-state index is 5.67. The Morgan fingerprint density at radius 1 is 1.70 bits per heavy atom. The summed E-state index contributed by atoms with van der Waals surface area (Å²) >= 11 is 0. The monoisotopic (exact) mass is 135 g/mol. The molecule has 1 unspecified atom stereocenters. The molecule has 0 radical (unpaired) electrons. The Bertz CT molecular complexity index is 246. The highest BCUT2D eigenvalue weighted by molar-refractivity contribution is 5.25. The SMILES string of the molecule is NC1NCc2cccnc21. The fraction of sp³-hybridized carbons (Fsp3) is 0.286. The molecule has 2 rings (SSSR count). The van der Waals surface area contributed by atoms with Crippen LogP contribution in [0.25, 0.3) is 0 Å². The zero-order chi connectivity index (χ0) is 6.97. The van der Waals surface area contributed by atoms with Gasteiger partial charge in [-0.2, -0.15) is 0 Å². The molecule has 3 N–H and O–H groups in total. The standard InChI is InChI=1S/C7H9N3/c8-7-6-5(4-10-7)2-1-3-9-6/h1-3,7,10H,4,8H2. The second kappa shape index (κ2) is 2.04. The average molecular weight is 135 g/mol. The molecule has 2 heterocycles. The van der Waals surface area contributed by atoms with E-state index in [1.165, 1.54) is 5.56 Å². The molecule has 0 amide bonds. The van der Waals surface area contributed by atoms with Crippen molar-refractivity contribution in [3.63, 3.8) is 0 Å². The van der Waals surface area contributed by atoms with Crippen molar-refractivity contribution in [1.82, 2.24) is 10.3 Å². The van der Waals surface area contributed by atoms with Crippen molar-refractivity contribution < 1.29 is 0 Å². The first-order valence-corrected chi connectivity index (χ1v) is 3.30. The van der Waals surface area contributed by atoms with Crippen molar-refractivity contribution in [2.24, 2.45) is 5.73 Å². The number of fused-ring (bicyclic) bond motifs is 1. The van der Waals surface area contributed by atoms with Gasteiger partial charge in [0.15, 0.2) is 0 Å². The smallest absolute Gasteiger partial charge is 0.0991 e. The van der Waals surface area contributed by atoms with Gasteiger partial charge in [0.25, 0.3) is 0 Å². The Morgan fingerprint density at radius 3 is 3.40 bits per heavy atom. The number of hydrogen-bond donors (Lipinski definition) is 2. The molecule has 1 atom stereocenters. The van der Waals surface area contributed by atoms with Crippen LogP contribution in [0.4, 0.5) is 0 Å². The van der Waals surface area contributed by atoms with E-state index in [0.29, 0.717) is 0 Å². The van der Waals surface area contributed by atoms with E-state index in [1.807, 2.05) is 12.1 Å². The summed E-state index contributed by atoms with van der Waals surface area (Å²) in [7, 11) is 0. The third kappa shape index (κ3) is 0.716. The maximum absolute atomic E-state index is 5.67. The molecule has 1 aliphatic heterocycles. The molecule has 0 saturated carbocycles. The molecule has 3 heteroatoms. The van der Waals surface area contributed by atoms with Gasteiger partial charge in [0.2, 0.25) is 0 Å². The molecule has 0 bridgehead atoms. The van der Waals surface area contributed by atoms with Gasteiger partial charge < -0.3 is 5.73 Å². The van der Waals surface area contributed by atoms with Gasteiger partial charge in [-0.05, 0) is 11.6 Å². The maximum Gasteiger partial charge on any atom is 0.0991 e. The van der Waals surface area contributed by atoms with Crippen molar-refractivity contribution in [3.8, 4) is 0 Å². The fourth-order valence-corrected chi connectivity index (χ4v) is 1.20. The summed E-state index contributed by atoms with van der Waals surface area (Å²) < 4.78 is 0. The van der Waals surface area contributed by atoms with Gasteiger partial charge in [-0.3, -0.25) is 10.3 Å². The Hall–Kier alpha value is -0.930. The lowest BCUT2D eigenvalue weighted by Gasteiger charge is -2.00. The van der Waals surface area contributed by atoms with Crippen LogP contribution in [0, 0.1) is 0 Å². The lowest BCUT2D eigenvalue weighted by molar-refractivity contribution is 0.597. The van der Waals surface area contributed by atoms with Crippen molar-refractivity contribution in [1.29, 1.82) is 0 Å². The number of nitrogens with one attached hydrogen (secondary N) is 1. The van der Waals surface area contributed by atoms with E-state index in [4.69, 9.17) is 5.73 Å². The third-order valence-corrected chi connectivity index (χ3v) is 1.73. The lowest BCUT2D eigenvalue weighted by atomic mass is 10.2. The van der Waals surface area contributed by atoms with E-state index in [2.05, 4.69) is 10.3 Å². The minimum atomic E-state index is -0.0591. The molecular formula is C7H9N3. The summed E-state index contributed by atoms with van der Waals surface area (Å²) in [4.78, 5) is 4.15. The zero-order valence-corrected chi connectivity index (χ0v) is 5.54. The molecule has 1 aliphatic rings. The predicted molar refractivity (Wildman–Crippen MR) is 38.0 cm³/mol. The first-order valence-electron chi connectivity index (χ1n) is 3.30. The van der Waals surface area contributed by atoms with Gasteiger partial charge in [0.05, 0.1) is 11.9 Å². The van der Waals surface area contributed by atoms with Crippen molar-refractivity contribution >= 4 is 0 Å². The molecule has 0 aliphatic carbocycles. The van der Waals surface area contributed by atoms with E-state index < -0.39 is 0 Å². The van der Waals surface area contributed by atoms with Crippen LogP contribution >= 0.6 is 0 Å². The number of pyridine rings is 1. The molecule has 0 fully saturated rings. The van der Waals surface area contributed by atoms with Crippen LogP contribution in [-0.4, -0.2) is 4.98 Å². The number of aromatic nitrogens is 1. The first kappa shape index (κ1) is 5.82. The van der Waals surface area contributed by atoms with E-state index in [9.17, 15) is 0 Å². The Labute approximate surface area is 59.3 Å². The molecular weight excluding hydrogens is 126 g/mol. The highest BCUT2D eigenvalue weighted by Crippen LogP contribution is 2.17. The number of nitrogens with zero attached hydrogens (tertiary/aromatic N) is 1. The van der Waals surface area contributed by atoms with Crippen LogP contribution in [-0.2, 0) is 6.54 Å². The highest BCUT2D eigenvalue weighted by Gasteiger charge is 2.17. The predicted octanol–water partition coefficient (Wildman–Crippen LogP) is 0.142. The molecule has 52 valence electrons. The summed E-state index contributed by atoms with van der Waals surface area (Å²) in [6, 6.07) is 3.97. The third-order valence-electron chi connectivity index (χ3n) is 1.73. The first-order chi connectivity index (χ1) is 4.88. The summed E-state index contributed by atoms with van der Waals surface area (Å²) in [5, 5.41) is 3.10. The lowest BCUT2D eigenvalue weighted by Crippen LogP contribution is -2.21. The molecule has 0 spiro atoms. The number of hydrogen-bond acceptors (Lipinski definition) is 3. The van der Waals surface area contributed by atoms with Crippen LogP contribution in [0.3, 0.4) is 0 Å². The Balaban J connectivity index is 2.51. The van der Waals surface area contributed by atoms with Gasteiger partial charge >= 0.3 is 0 Å². The summed E-state index contributed by atoms with van der Waals surface area (Å²) in [6.07, 6.45) is 1.71. The van der Waals surface area contributed by atoms with Crippen LogP contribution < -0.4 is 11.1 Å². The molecule has 3 nitrogen and oxygen atoms in total. The van der Waals surface area contributed by atoms with Gasteiger partial charge in [-0.1, -0.05) is 6.07 Å². The number of rotatable bonds is 0. The Kier molecular flexibility index (Phi) is 1.19. The minimum absolute atomic E-state index is 0.0591. The van der Waals surface area contributed by atoms with Crippen LogP contribution in [0.1, 0.15) is 17.4 Å². The zero-order valence-electron chi connectivity index (χ0n) is 5.54. The largest absolute Gasteiger partial charge is 0.311 e. The van der Waals surface area contributed by atoms with Crippen molar-refractivity contribution in [2.75, 3.05) is 0 Å². The molecule has 0 saturated heterocycles.